The van der Waals surface area contributed by atoms with E-state index in [-0.39, 0.29) is 5.91 Å². The maximum atomic E-state index is 13.3. The molecular formula is C25H19N3O3S. The van der Waals surface area contributed by atoms with E-state index in [0.717, 1.165) is 32.4 Å². The van der Waals surface area contributed by atoms with Gasteiger partial charge in [0, 0.05) is 23.1 Å². The molecule has 0 bridgehead atoms. The van der Waals surface area contributed by atoms with Gasteiger partial charge in [0.1, 0.15) is 0 Å². The van der Waals surface area contributed by atoms with Crippen molar-refractivity contribution in [1.82, 2.24) is 9.97 Å². The molecule has 0 unspecified atom stereocenters. The highest BCUT2D eigenvalue weighted by Gasteiger charge is 2.17. The highest BCUT2D eigenvalue weighted by molar-refractivity contribution is 7.22. The molecule has 2 heterocycles. The zero-order valence-corrected chi connectivity index (χ0v) is 18.3. The van der Waals surface area contributed by atoms with Crippen LogP contribution < -0.4 is 14.8 Å². The summed E-state index contributed by atoms with van der Waals surface area (Å²) in [5, 5.41) is 4.24. The minimum Gasteiger partial charge on any atom is -0.493 e. The summed E-state index contributed by atoms with van der Waals surface area (Å²) in [5.74, 6) is 0.976. The number of para-hydroxylation sites is 1. The first kappa shape index (κ1) is 20.0. The lowest BCUT2D eigenvalue weighted by Gasteiger charge is -2.09. The number of carbonyl (C=O) groups is 1. The van der Waals surface area contributed by atoms with E-state index < -0.39 is 0 Å². The predicted octanol–water partition coefficient (Wildman–Crippen LogP) is 5.78. The molecule has 1 N–H and O–H groups in total. The maximum Gasteiger partial charge on any atom is 0.258 e. The topological polar surface area (TPSA) is 73.3 Å². The molecule has 0 saturated carbocycles. The number of anilines is 1. The normalized spacial score (nSPS) is 10.9. The summed E-state index contributed by atoms with van der Waals surface area (Å²) in [7, 11) is 3.17. The number of hydrogen-bond donors (Lipinski definition) is 1. The zero-order valence-electron chi connectivity index (χ0n) is 17.5. The van der Waals surface area contributed by atoms with Gasteiger partial charge >= 0.3 is 0 Å². The molecule has 0 atom stereocenters. The molecule has 32 heavy (non-hydrogen) atoms. The quantitative estimate of drug-likeness (QED) is 0.374. The van der Waals surface area contributed by atoms with E-state index in [1.165, 1.54) is 11.3 Å². The third-order valence-corrected chi connectivity index (χ3v) is 6.08. The number of hydrogen-bond acceptors (Lipinski definition) is 6. The molecule has 1 amide bonds. The van der Waals surface area contributed by atoms with Crippen LogP contribution in [-0.2, 0) is 0 Å². The van der Waals surface area contributed by atoms with Gasteiger partial charge in [0.2, 0.25) is 0 Å². The number of nitrogens with one attached hydrogen (secondary N) is 1. The van der Waals surface area contributed by atoms with Crippen LogP contribution in [0, 0.1) is 0 Å². The third-order valence-electron chi connectivity index (χ3n) is 5.14. The lowest BCUT2D eigenvalue weighted by Crippen LogP contribution is -2.13. The molecule has 158 valence electrons. The van der Waals surface area contributed by atoms with Crippen molar-refractivity contribution in [3.05, 3.63) is 78.4 Å². The van der Waals surface area contributed by atoms with E-state index in [4.69, 9.17) is 14.5 Å². The Morgan fingerprint density at radius 1 is 0.844 bits per heavy atom. The van der Waals surface area contributed by atoms with Gasteiger partial charge < -0.3 is 9.47 Å². The Labute approximate surface area is 188 Å². The largest absolute Gasteiger partial charge is 0.493 e. The summed E-state index contributed by atoms with van der Waals surface area (Å²) < 4.78 is 11.6. The Morgan fingerprint density at radius 3 is 2.34 bits per heavy atom. The number of benzene rings is 3. The number of methoxy groups -OCH3 is 2. The summed E-state index contributed by atoms with van der Waals surface area (Å²) in [6, 6.07) is 22.9. The molecule has 0 aliphatic rings. The molecule has 5 rings (SSSR count). The Bertz CT molecular complexity index is 1410. The van der Waals surface area contributed by atoms with Crippen LogP contribution in [0.1, 0.15) is 10.4 Å². The van der Waals surface area contributed by atoms with Crippen LogP contribution in [0.15, 0.2) is 72.8 Å². The molecule has 5 aromatic rings. The number of carbonyl (C=O) groups excluding carboxylic acids is 1. The number of amides is 1. The van der Waals surface area contributed by atoms with Gasteiger partial charge in [-0.3, -0.25) is 10.1 Å². The minimum absolute atomic E-state index is 0.237. The highest BCUT2D eigenvalue weighted by atomic mass is 32.1. The number of fused-ring (bicyclic) bond motifs is 2. The minimum atomic E-state index is -0.237. The van der Waals surface area contributed by atoms with E-state index >= 15 is 0 Å². The number of nitrogens with zero attached hydrogens (tertiary/aromatic N) is 2. The van der Waals surface area contributed by atoms with Crippen molar-refractivity contribution >= 4 is 43.5 Å². The number of aromatic nitrogens is 2. The number of rotatable bonds is 5. The zero-order chi connectivity index (χ0) is 22.1. The van der Waals surface area contributed by atoms with E-state index in [0.29, 0.717) is 22.2 Å². The molecule has 6 nitrogen and oxygen atoms in total. The van der Waals surface area contributed by atoms with Crippen LogP contribution in [0.2, 0.25) is 0 Å². The Hall–Kier alpha value is -3.97. The van der Waals surface area contributed by atoms with Gasteiger partial charge in [-0.1, -0.05) is 59.9 Å². The van der Waals surface area contributed by atoms with Crippen molar-refractivity contribution in [3.8, 4) is 22.8 Å². The van der Waals surface area contributed by atoms with Crippen LogP contribution in [0.5, 0.6) is 11.5 Å². The highest BCUT2D eigenvalue weighted by Crippen LogP contribution is 2.36. The first-order valence-corrected chi connectivity index (χ1v) is 10.8. The first-order valence-electron chi connectivity index (χ1n) is 9.95. The Kier molecular flexibility index (Phi) is 5.17. The summed E-state index contributed by atoms with van der Waals surface area (Å²) in [5.41, 5.74) is 3.73. The number of pyridine rings is 1. The van der Waals surface area contributed by atoms with Gasteiger partial charge in [0.05, 0.1) is 41.2 Å². The van der Waals surface area contributed by atoms with E-state index in [1.807, 2.05) is 66.7 Å². The molecular weight excluding hydrogens is 422 g/mol. The molecule has 0 fully saturated rings. The van der Waals surface area contributed by atoms with Crippen LogP contribution in [0.25, 0.3) is 32.4 Å². The summed E-state index contributed by atoms with van der Waals surface area (Å²) in [4.78, 5) is 22.6. The molecule has 2 aromatic heterocycles. The second-order valence-corrected chi connectivity index (χ2v) is 8.12. The van der Waals surface area contributed by atoms with Gasteiger partial charge in [-0.2, -0.15) is 0 Å². The van der Waals surface area contributed by atoms with Crippen LogP contribution in [0.3, 0.4) is 0 Å². The fraction of sp³-hybridized carbons (Fsp3) is 0.0800. The predicted molar refractivity (Wildman–Crippen MR) is 128 cm³/mol. The summed E-state index contributed by atoms with van der Waals surface area (Å²) in [6.07, 6.45) is 0. The molecule has 3 aromatic carbocycles. The Balaban J connectivity index is 1.55. The van der Waals surface area contributed by atoms with Crippen molar-refractivity contribution < 1.29 is 14.3 Å². The van der Waals surface area contributed by atoms with Gasteiger partial charge in [-0.15, -0.1) is 0 Å². The van der Waals surface area contributed by atoms with E-state index in [1.54, 1.807) is 20.3 Å². The van der Waals surface area contributed by atoms with Crippen LogP contribution >= 0.6 is 11.3 Å². The van der Waals surface area contributed by atoms with Crippen molar-refractivity contribution in [2.24, 2.45) is 0 Å². The SMILES string of the molecule is COc1cc2nc(NC(=O)c3cc(-c4ccccc4)nc4ccccc34)sc2cc1OC. The first-order chi connectivity index (χ1) is 15.7. The Morgan fingerprint density at radius 2 is 1.56 bits per heavy atom. The van der Waals surface area contributed by atoms with Crippen molar-refractivity contribution in [2.45, 2.75) is 0 Å². The molecule has 0 aliphatic carbocycles. The summed E-state index contributed by atoms with van der Waals surface area (Å²) in [6.45, 7) is 0. The number of thiazole rings is 1. The number of ether oxygens (including phenoxy) is 2. The molecule has 0 radical (unpaired) electrons. The smallest absolute Gasteiger partial charge is 0.258 e. The molecule has 0 saturated heterocycles. The fourth-order valence-corrected chi connectivity index (χ4v) is 4.46. The monoisotopic (exact) mass is 441 g/mol. The van der Waals surface area contributed by atoms with Crippen LogP contribution in [-0.4, -0.2) is 30.1 Å². The average Bonchev–Trinajstić information content (AvgIpc) is 3.23. The third kappa shape index (κ3) is 3.63. The molecule has 0 spiro atoms. The second kappa shape index (κ2) is 8.28. The van der Waals surface area contributed by atoms with Gasteiger partial charge in [0.25, 0.3) is 5.91 Å². The van der Waals surface area contributed by atoms with Gasteiger partial charge in [-0.05, 0) is 12.1 Å². The van der Waals surface area contributed by atoms with Gasteiger partial charge in [0.15, 0.2) is 16.6 Å². The molecule has 7 heteroatoms. The summed E-state index contributed by atoms with van der Waals surface area (Å²) >= 11 is 1.38. The average molecular weight is 442 g/mol. The maximum absolute atomic E-state index is 13.3. The fourth-order valence-electron chi connectivity index (χ4n) is 3.59. The second-order valence-electron chi connectivity index (χ2n) is 7.09. The van der Waals surface area contributed by atoms with Gasteiger partial charge in [-0.25, -0.2) is 9.97 Å². The van der Waals surface area contributed by atoms with E-state index in [2.05, 4.69) is 10.3 Å². The molecule has 0 aliphatic heterocycles. The van der Waals surface area contributed by atoms with Crippen LogP contribution in [0.4, 0.5) is 5.13 Å². The van der Waals surface area contributed by atoms with Crippen molar-refractivity contribution in [1.29, 1.82) is 0 Å². The standard InChI is InChI=1S/C25H19N3O3S/c1-30-21-13-20-23(14-22(21)31-2)32-25(27-20)28-24(29)17-12-19(15-8-4-3-5-9-15)26-18-11-7-6-10-16(17)18/h3-14H,1-2H3,(H,27,28,29). The van der Waals surface area contributed by atoms with Crippen molar-refractivity contribution in [3.63, 3.8) is 0 Å². The van der Waals surface area contributed by atoms with Crippen molar-refractivity contribution in [2.75, 3.05) is 19.5 Å². The van der Waals surface area contributed by atoms with E-state index in [9.17, 15) is 4.79 Å². The lowest BCUT2D eigenvalue weighted by molar-refractivity contribution is 0.102. The lowest BCUT2D eigenvalue weighted by atomic mass is 10.0.